The number of hydrogen-bond acceptors (Lipinski definition) is 14. The summed E-state index contributed by atoms with van der Waals surface area (Å²) in [6.45, 7) is 2.50. The Morgan fingerprint density at radius 1 is 0.326 bits per heavy atom. The van der Waals surface area contributed by atoms with Crippen LogP contribution in [0, 0.1) is 0 Å². The Labute approximate surface area is 539 Å². The van der Waals surface area contributed by atoms with Crippen molar-refractivity contribution in [2.75, 3.05) is 39.6 Å². The highest BCUT2D eigenvalue weighted by molar-refractivity contribution is 7.47. The van der Waals surface area contributed by atoms with Crippen LogP contribution in [-0.4, -0.2) is 95.9 Å². The first kappa shape index (κ1) is 85.5. The van der Waals surface area contributed by atoms with Crippen molar-refractivity contribution in [2.24, 2.45) is 0 Å². The van der Waals surface area contributed by atoms with Crippen molar-refractivity contribution in [1.82, 2.24) is 0 Å². The maximum Gasteiger partial charge on any atom is 0.472 e. The van der Waals surface area contributed by atoms with Gasteiger partial charge in [-0.2, -0.15) is 0 Å². The van der Waals surface area contributed by atoms with E-state index in [1.807, 2.05) is 0 Å². The number of carbonyl (C=O) groups is 3. The lowest BCUT2D eigenvalue weighted by atomic mass is 10.1. The molecule has 0 aromatic carbocycles. The number of unbranched alkanes of at least 4 members (excludes halogenated alkanes) is 26. The molecule has 0 aromatic heterocycles. The van der Waals surface area contributed by atoms with Gasteiger partial charge in [0.25, 0.3) is 0 Å². The van der Waals surface area contributed by atoms with Gasteiger partial charge < -0.3 is 34.2 Å². The Morgan fingerprint density at radius 2 is 0.596 bits per heavy atom. The lowest BCUT2D eigenvalue weighted by Gasteiger charge is -2.21. The SMILES string of the molecule is CC/C=C\C/C=C\C/C=C\C/C=C\C/C=C\C/C=C\CCCCCCCCC(=O)OCC(O)COP(=O)(O)OCC(O)COP(=O)(O)OCC(COC(=O)CCCCCCC/C=C\CCCCCCCC)OC(=O)CCCCCCC/C=C\CCCCCC. The van der Waals surface area contributed by atoms with Crippen LogP contribution < -0.4 is 0 Å². The van der Waals surface area contributed by atoms with E-state index in [2.05, 4.69) is 118 Å². The average molecular weight is 1300 g/mol. The number of aliphatic hydroxyl groups is 2. The third-order valence-electron chi connectivity index (χ3n) is 14.3. The molecule has 514 valence electrons. The van der Waals surface area contributed by atoms with Gasteiger partial charge in [0.1, 0.15) is 25.4 Å². The zero-order valence-electron chi connectivity index (χ0n) is 55.6. The Kier molecular flexibility index (Phi) is 62.0. The van der Waals surface area contributed by atoms with Crippen molar-refractivity contribution in [3.8, 4) is 0 Å². The van der Waals surface area contributed by atoms with E-state index in [0.29, 0.717) is 19.3 Å². The Hall–Kier alpha value is -3.53. The fourth-order valence-corrected chi connectivity index (χ4v) is 10.6. The third-order valence-corrected chi connectivity index (χ3v) is 16.2. The normalized spacial score (nSPS) is 14.8. The Morgan fingerprint density at radius 3 is 0.966 bits per heavy atom. The minimum atomic E-state index is -4.92. The molecule has 0 aliphatic heterocycles. The van der Waals surface area contributed by atoms with Crippen LogP contribution >= 0.6 is 15.6 Å². The van der Waals surface area contributed by atoms with Crippen LogP contribution in [0.3, 0.4) is 0 Å². The van der Waals surface area contributed by atoms with Gasteiger partial charge in [0.05, 0.1) is 26.4 Å². The zero-order chi connectivity index (χ0) is 65.3. The van der Waals surface area contributed by atoms with Gasteiger partial charge in [-0.3, -0.25) is 32.5 Å². The van der Waals surface area contributed by atoms with Crippen LogP contribution in [0.5, 0.6) is 0 Å². The Balaban J connectivity index is 4.56. The molecule has 16 nitrogen and oxygen atoms in total. The highest BCUT2D eigenvalue weighted by Crippen LogP contribution is 2.45. The van der Waals surface area contributed by atoms with E-state index in [4.69, 9.17) is 32.3 Å². The number of hydrogen-bond donors (Lipinski definition) is 4. The number of phosphoric acid groups is 2. The van der Waals surface area contributed by atoms with Crippen LogP contribution in [0.25, 0.3) is 0 Å². The number of phosphoric ester groups is 2. The van der Waals surface area contributed by atoms with Gasteiger partial charge in [-0.1, -0.05) is 234 Å². The van der Waals surface area contributed by atoms with Crippen LogP contribution in [0.4, 0.5) is 0 Å². The van der Waals surface area contributed by atoms with E-state index in [-0.39, 0.29) is 19.3 Å². The van der Waals surface area contributed by atoms with E-state index in [1.54, 1.807) is 0 Å². The molecular formula is C71H124O16P2. The minimum absolute atomic E-state index is 0.0934. The molecule has 0 fully saturated rings. The minimum Gasteiger partial charge on any atom is -0.463 e. The predicted molar refractivity (Wildman–Crippen MR) is 362 cm³/mol. The number of allylic oxidation sites excluding steroid dienone is 16. The monoisotopic (exact) mass is 1290 g/mol. The lowest BCUT2D eigenvalue weighted by molar-refractivity contribution is -0.161. The van der Waals surface area contributed by atoms with Crippen LogP contribution in [0.2, 0.25) is 0 Å². The molecule has 4 N–H and O–H groups in total. The summed E-state index contributed by atoms with van der Waals surface area (Å²) in [6.07, 6.45) is 70.3. The molecule has 0 saturated heterocycles. The molecule has 0 aliphatic rings. The lowest BCUT2D eigenvalue weighted by Crippen LogP contribution is -2.30. The largest absolute Gasteiger partial charge is 0.472 e. The summed E-state index contributed by atoms with van der Waals surface area (Å²) in [6, 6.07) is 0. The first-order valence-corrected chi connectivity index (χ1v) is 37.5. The second-order valence-electron chi connectivity index (χ2n) is 22.9. The van der Waals surface area contributed by atoms with Crippen molar-refractivity contribution in [3.05, 3.63) is 97.2 Å². The van der Waals surface area contributed by atoms with Gasteiger partial charge >= 0.3 is 33.6 Å². The summed E-state index contributed by atoms with van der Waals surface area (Å²) in [7, 11) is -9.78. The summed E-state index contributed by atoms with van der Waals surface area (Å²) < 4.78 is 60.8. The molecule has 0 rings (SSSR count). The molecule has 5 unspecified atom stereocenters. The van der Waals surface area contributed by atoms with Gasteiger partial charge in [-0.15, -0.1) is 0 Å². The molecule has 0 bridgehead atoms. The second-order valence-corrected chi connectivity index (χ2v) is 25.8. The van der Waals surface area contributed by atoms with Gasteiger partial charge in [0.2, 0.25) is 0 Å². The summed E-state index contributed by atoms with van der Waals surface area (Å²) in [5.41, 5.74) is 0. The highest BCUT2D eigenvalue weighted by Gasteiger charge is 2.29. The summed E-state index contributed by atoms with van der Waals surface area (Å²) in [4.78, 5) is 58.3. The van der Waals surface area contributed by atoms with Crippen molar-refractivity contribution in [2.45, 2.75) is 296 Å². The van der Waals surface area contributed by atoms with Crippen molar-refractivity contribution in [1.29, 1.82) is 0 Å². The van der Waals surface area contributed by atoms with Crippen molar-refractivity contribution < 1.29 is 75.8 Å². The Bertz CT molecular complexity index is 2010. The average Bonchev–Trinajstić information content (AvgIpc) is 3.70. The maximum atomic E-state index is 12.9. The molecular weight excluding hydrogens is 1170 g/mol. The summed E-state index contributed by atoms with van der Waals surface area (Å²) >= 11 is 0. The van der Waals surface area contributed by atoms with E-state index < -0.39 is 91.5 Å². The molecule has 0 amide bonds. The van der Waals surface area contributed by atoms with Gasteiger partial charge in [0.15, 0.2) is 6.10 Å². The second kappa shape index (κ2) is 64.6. The molecule has 18 heteroatoms. The quantitative estimate of drug-likeness (QED) is 0.0146. The molecule has 5 atom stereocenters. The number of ether oxygens (including phenoxy) is 3. The van der Waals surface area contributed by atoms with Crippen molar-refractivity contribution in [3.63, 3.8) is 0 Å². The van der Waals surface area contributed by atoms with Crippen LogP contribution in [0.15, 0.2) is 97.2 Å². The standard InChI is InChI=1S/C71H124O16P2/c1-4-7-10-13-16-19-22-25-27-28-29-30-31-32-33-34-35-36-38-41-42-45-48-51-54-57-69(74)81-60-66(72)61-83-88(77,78)84-62-67(73)63-85-89(79,80)86-65-68(87-71(76)59-56-53-50-47-44-39-24-21-18-15-12-9-6-3)64-82-70(75)58-55-52-49-46-43-40-37-26-23-20-17-14-11-8-5-2/h7,10,16,19,21,24-27,29-30,32-33,35-37,66-68,72-73H,4-6,8-9,11-15,17-18,20,22-23,28,31,34,38-65H2,1-3H3,(H,77,78)(H,79,80)/b10-7-,19-16-,24-21-,27-25-,30-29-,33-32-,36-35-,37-26-. The zero-order valence-corrected chi connectivity index (χ0v) is 57.4. The fraction of sp³-hybridized carbons (Fsp3) is 0.732. The van der Waals surface area contributed by atoms with Gasteiger partial charge in [-0.05, 0) is 122 Å². The topological polar surface area (TPSA) is 231 Å². The van der Waals surface area contributed by atoms with E-state index >= 15 is 0 Å². The molecule has 0 aliphatic carbocycles. The van der Waals surface area contributed by atoms with Gasteiger partial charge in [-0.25, -0.2) is 9.13 Å². The molecule has 0 aromatic rings. The highest BCUT2D eigenvalue weighted by atomic mass is 31.2. The summed E-state index contributed by atoms with van der Waals surface area (Å²) in [5.74, 6) is -1.60. The van der Waals surface area contributed by atoms with Crippen LogP contribution in [-0.2, 0) is 55.8 Å². The smallest absolute Gasteiger partial charge is 0.463 e. The number of rotatable bonds is 65. The molecule has 0 saturated carbocycles. The fourth-order valence-electron chi connectivity index (χ4n) is 8.97. The molecule has 0 spiro atoms. The van der Waals surface area contributed by atoms with E-state index in [0.717, 1.165) is 154 Å². The summed E-state index contributed by atoms with van der Waals surface area (Å²) in [5, 5.41) is 20.5. The predicted octanol–water partition coefficient (Wildman–Crippen LogP) is 19.1. The first-order chi connectivity index (χ1) is 43.2. The third kappa shape index (κ3) is 65.8. The van der Waals surface area contributed by atoms with E-state index in [9.17, 15) is 43.5 Å². The molecule has 0 radical (unpaired) electrons. The maximum absolute atomic E-state index is 12.9. The first-order valence-electron chi connectivity index (χ1n) is 34.5. The number of esters is 3. The van der Waals surface area contributed by atoms with E-state index in [1.165, 1.54) is 64.2 Å². The number of carbonyl (C=O) groups excluding carboxylic acids is 3. The van der Waals surface area contributed by atoms with Crippen molar-refractivity contribution >= 4 is 33.6 Å². The molecule has 0 heterocycles. The van der Waals surface area contributed by atoms with Crippen LogP contribution in [0.1, 0.15) is 278 Å². The number of aliphatic hydroxyl groups excluding tert-OH is 2. The van der Waals surface area contributed by atoms with Gasteiger partial charge in [0, 0.05) is 19.3 Å². The molecule has 89 heavy (non-hydrogen) atoms.